The second-order valence-electron chi connectivity index (χ2n) is 6.73. The predicted molar refractivity (Wildman–Crippen MR) is 101 cm³/mol. The van der Waals surface area contributed by atoms with Gasteiger partial charge in [-0.1, -0.05) is 25.1 Å². The molecule has 3 aromatic rings. The largest absolute Gasteiger partial charge is 0.350 e. The van der Waals surface area contributed by atoms with Crippen LogP contribution in [0.5, 0.6) is 0 Å². The lowest BCUT2D eigenvalue weighted by Gasteiger charge is -2.32. The molecular formula is C19H20N4O2S. The van der Waals surface area contributed by atoms with E-state index >= 15 is 0 Å². The minimum atomic E-state index is -0.583. The SMILES string of the molecule is C[C@H](c1cn(C)c2ccccc12)[C@H]1NC(=O)[C@@H](Cc2cscn2)NC1=O. The molecule has 1 saturated heterocycles. The van der Waals surface area contributed by atoms with Crippen LogP contribution in [0.1, 0.15) is 24.1 Å². The van der Waals surface area contributed by atoms with E-state index in [1.807, 2.05) is 37.7 Å². The van der Waals surface area contributed by atoms with E-state index in [-0.39, 0.29) is 17.7 Å². The van der Waals surface area contributed by atoms with Gasteiger partial charge in [0.1, 0.15) is 12.1 Å². The maximum atomic E-state index is 12.7. The summed E-state index contributed by atoms with van der Waals surface area (Å²) in [5.41, 5.74) is 4.71. The monoisotopic (exact) mass is 368 g/mol. The number of para-hydroxylation sites is 1. The molecule has 26 heavy (non-hydrogen) atoms. The molecule has 2 N–H and O–H groups in total. The van der Waals surface area contributed by atoms with Gasteiger partial charge in [-0.25, -0.2) is 4.98 Å². The first-order valence-electron chi connectivity index (χ1n) is 8.56. The molecule has 1 aromatic carbocycles. The van der Waals surface area contributed by atoms with Gasteiger partial charge in [-0.05, 0) is 11.6 Å². The Balaban J connectivity index is 1.56. The summed E-state index contributed by atoms with van der Waals surface area (Å²) in [6.07, 6.45) is 2.45. The minimum absolute atomic E-state index is 0.134. The highest BCUT2D eigenvalue weighted by atomic mass is 32.1. The van der Waals surface area contributed by atoms with Crippen molar-refractivity contribution >= 4 is 34.1 Å². The number of amides is 2. The first-order valence-corrected chi connectivity index (χ1v) is 9.50. The number of nitrogens with one attached hydrogen (secondary N) is 2. The number of thiazole rings is 1. The standard InChI is InChI=1S/C19H20N4O2S/c1-11(14-8-23(2)16-6-4-3-5-13(14)16)17-19(25)21-15(18(24)22-17)7-12-9-26-10-20-12/h3-6,8-11,15,17H,7H2,1-2H3,(H,21,25)(H,22,24)/t11-,15-,17-/m1/s1. The van der Waals surface area contributed by atoms with Crippen molar-refractivity contribution in [1.29, 1.82) is 0 Å². The van der Waals surface area contributed by atoms with E-state index in [4.69, 9.17) is 0 Å². The average molecular weight is 368 g/mol. The molecule has 0 saturated carbocycles. The maximum Gasteiger partial charge on any atom is 0.243 e. The number of fused-ring (bicyclic) bond motifs is 1. The molecule has 3 atom stereocenters. The zero-order valence-electron chi connectivity index (χ0n) is 14.6. The summed E-state index contributed by atoms with van der Waals surface area (Å²) >= 11 is 1.48. The Morgan fingerprint density at radius 3 is 2.81 bits per heavy atom. The Hall–Kier alpha value is -2.67. The Labute approximate surface area is 155 Å². The number of aromatic nitrogens is 2. The van der Waals surface area contributed by atoms with Crippen molar-refractivity contribution in [2.45, 2.75) is 31.3 Å². The van der Waals surface area contributed by atoms with E-state index in [1.165, 1.54) is 11.3 Å². The number of carbonyl (C=O) groups excluding carboxylic acids is 2. The molecule has 0 radical (unpaired) electrons. The fourth-order valence-corrected chi connectivity index (χ4v) is 4.18. The van der Waals surface area contributed by atoms with Crippen molar-refractivity contribution in [3.8, 4) is 0 Å². The first-order chi connectivity index (χ1) is 12.5. The molecular weight excluding hydrogens is 348 g/mol. The first kappa shape index (κ1) is 16.8. The maximum absolute atomic E-state index is 12.7. The summed E-state index contributed by atoms with van der Waals surface area (Å²) in [6.45, 7) is 1.98. The lowest BCUT2D eigenvalue weighted by molar-refractivity contribution is -0.137. The second-order valence-corrected chi connectivity index (χ2v) is 7.45. The molecule has 3 heterocycles. The number of benzene rings is 1. The van der Waals surface area contributed by atoms with Crippen molar-refractivity contribution in [1.82, 2.24) is 20.2 Å². The van der Waals surface area contributed by atoms with Crippen LogP contribution >= 0.6 is 11.3 Å². The Kier molecular flexibility index (Phi) is 4.24. The van der Waals surface area contributed by atoms with E-state index in [1.54, 1.807) is 5.51 Å². The molecule has 7 heteroatoms. The van der Waals surface area contributed by atoms with Crippen LogP contribution in [0.3, 0.4) is 0 Å². The fourth-order valence-electron chi connectivity index (χ4n) is 3.61. The van der Waals surface area contributed by atoms with E-state index in [2.05, 4.69) is 32.3 Å². The van der Waals surface area contributed by atoms with E-state index in [0.717, 1.165) is 22.2 Å². The van der Waals surface area contributed by atoms with Gasteiger partial charge in [0.05, 0.1) is 11.2 Å². The Morgan fingerprint density at radius 2 is 2.04 bits per heavy atom. The fraction of sp³-hybridized carbons (Fsp3) is 0.316. The lowest BCUT2D eigenvalue weighted by atomic mass is 9.90. The lowest BCUT2D eigenvalue weighted by Crippen LogP contribution is -2.63. The van der Waals surface area contributed by atoms with E-state index in [9.17, 15) is 9.59 Å². The number of aryl methyl sites for hydroxylation is 1. The Bertz CT molecular complexity index is 963. The molecule has 0 spiro atoms. The van der Waals surface area contributed by atoms with Gasteiger partial charge in [-0.3, -0.25) is 9.59 Å². The van der Waals surface area contributed by atoms with E-state index in [0.29, 0.717) is 6.42 Å². The molecule has 0 bridgehead atoms. The number of piperazine rings is 1. The van der Waals surface area contributed by atoms with Crippen LogP contribution in [0, 0.1) is 0 Å². The van der Waals surface area contributed by atoms with Gasteiger partial charge in [0.15, 0.2) is 0 Å². The highest BCUT2D eigenvalue weighted by Gasteiger charge is 2.38. The number of nitrogens with zero attached hydrogens (tertiary/aromatic N) is 2. The van der Waals surface area contributed by atoms with E-state index < -0.39 is 12.1 Å². The van der Waals surface area contributed by atoms with Crippen molar-refractivity contribution < 1.29 is 9.59 Å². The third-order valence-corrected chi connectivity index (χ3v) is 5.66. The van der Waals surface area contributed by atoms with Crippen molar-refractivity contribution in [2.24, 2.45) is 7.05 Å². The zero-order valence-corrected chi connectivity index (χ0v) is 15.4. The van der Waals surface area contributed by atoms with Crippen LogP contribution < -0.4 is 10.6 Å². The normalized spacial score (nSPS) is 21.5. The third-order valence-electron chi connectivity index (χ3n) is 5.03. The second kappa shape index (κ2) is 6.57. The van der Waals surface area contributed by atoms with Crippen LogP contribution in [0.4, 0.5) is 0 Å². The van der Waals surface area contributed by atoms with Gasteiger partial charge < -0.3 is 15.2 Å². The van der Waals surface area contributed by atoms with Gasteiger partial charge in [-0.2, -0.15) is 0 Å². The molecule has 1 aliphatic heterocycles. The van der Waals surface area contributed by atoms with Crippen LogP contribution in [-0.4, -0.2) is 33.4 Å². The molecule has 134 valence electrons. The molecule has 1 aliphatic rings. The van der Waals surface area contributed by atoms with Crippen molar-refractivity contribution in [3.05, 3.63) is 52.6 Å². The molecule has 6 nitrogen and oxygen atoms in total. The summed E-state index contributed by atoms with van der Waals surface area (Å²) in [4.78, 5) is 29.4. The summed E-state index contributed by atoms with van der Waals surface area (Å²) < 4.78 is 2.05. The molecule has 2 aromatic heterocycles. The molecule has 0 aliphatic carbocycles. The molecule has 4 rings (SSSR count). The number of hydrogen-bond acceptors (Lipinski definition) is 4. The summed E-state index contributed by atoms with van der Waals surface area (Å²) in [7, 11) is 1.99. The van der Waals surface area contributed by atoms with Crippen LogP contribution in [0.25, 0.3) is 10.9 Å². The van der Waals surface area contributed by atoms with Crippen molar-refractivity contribution in [2.75, 3.05) is 0 Å². The smallest absolute Gasteiger partial charge is 0.243 e. The Morgan fingerprint density at radius 1 is 1.23 bits per heavy atom. The zero-order chi connectivity index (χ0) is 18.3. The predicted octanol–water partition coefficient (Wildman–Crippen LogP) is 1.96. The van der Waals surface area contributed by atoms with Crippen LogP contribution in [-0.2, 0) is 23.1 Å². The summed E-state index contributed by atoms with van der Waals surface area (Å²) in [5, 5.41) is 8.78. The highest BCUT2D eigenvalue weighted by molar-refractivity contribution is 7.07. The van der Waals surface area contributed by atoms with Gasteiger partial charge >= 0.3 is 0 Å². The third kappa shape index (κ3) is 2.88. The van der Waals surface area contributed by atoms with Crippen LogP contribution in [0.15, 0.2) is 41.4 Å². The van der Waals surface area contributed by atoms with Gasteiger partial charge in [-0.15, -0.1) is 11.3 Å². The van der Waals surface area contributed by atoms with Gasteiger partial charge in [0, 0.05) is 41.9 Å². The van der Waals surface area contributed by atoms with Crippen LogP contribution in [0.2, 0.25) is 0 Å². The number of carbonyl (C=O) groups is 2. The van der Waals surface area contributed by atoms with Crippen molar-refractivity contribution in [3.63, 3.8) is 0 Å². The minimum Gasteiger partial charge on any atom is -0.350 e. The topological polar surface area (TPSA) is 76.0 Å². The quantitative estimate of drug-likeness (QED) is 0.739. The highest BCUT2D eigenvalue weighted by Crippen LogP contribution is 2.30. The summed E-state index contributed by atoms with van der Waals surface area (Å²) in [5.74, 6) is -0.440. The number of rotatable bonds is 4. The molecule has 1 fully saturated rings. The number of hydrogen-bond donors (Lipinski definition) is 2. The molecule has 0 unspecified atom stereocenters. The summed E-state index contributed by atoms with van der Waals surface area (Å²) in [6, 6.07) is 6.93. The molecule has 2 amide bonds. The van der Waals surface area contributed by atoms with Gasteiger partial charge in [0.25, 0.3) is 0 Å². The van der Waals surface area contributed by atoms with Gasteiger partial charge in [0.2, 0.25) is 11.8 Å². The average Bonchev–Trinajstić information content (AvgIpc) is 3.26.